The lowest BCUT2D eigenvalue weighted by molar-refractivity contribution is 0.599. The van der Waals surface area contributed by atoms with Crippen LogP contribution in [0.15, 0.2) is 59.5 Å². The Labute approximate surface area is 181 Å². The molecule has 0 fully saturated rings. The number of halogens is 3. The van der Waals surface area contributed by atoms with Crippen LogP contribution in [-0.4, -0.2) is 13.4 Å². The highest BCUT2D eigenvalue weighted by Crippen LogP contribution is 2.36. The lowest BCUT2D eigenvalue weighted by Crippen LogP contribution is -2.13. The van der Waals surface area contributed by atoms with Gasteiger partial charge in [0.25, 0.3) is 10.0 Å². The number of benzene rings is 3. The van der Waals surface area contributed by atoms with Gasteiger partial charge in [0.1, 0.15) is 10.8 Å². The van der Waals surface area contributed by atoms with E-state index in [2.05, 4.69) is 15.8 Å². The molecule has 1 heterocycles. The van der Waals surface area contributed by atoms with Crippen LogP contribution in [0.1, 0.15) is 5.56 Å². The van der Waals surface area contributed by atoms with E-state index in [9.17, 15) is 12.8 Å². The van der Waals surface area contributed by atoms with Crippen LogP contribution in [0.3, 0.4) is 0 Å². The molecule has 148 valence electrons. The van der Waals surface area contributed by atoms with Gasteiger partial charge in [-0.25, -0.2) is 17.8 Å². The average Bonchev–Trinajstić information content (AvgIpc) is 3.06. The molecule has 3 aromatic carbocycles. The van der Waals surface area contributed by atoms with Gasteiger partial charge in [0.15, 0.2) is 0 Å². The highest BCUT2D eigenvalue weighted by Gasteiger charge is 2.17. The molecule has 1 aromatic heterocycles. The third-order valence-corrected chi connectivity index (χ3v) is 7.23. The minimum absolute atomic E-state index is 0.148. The fourth-order valence-corrected chi connectivity index (χ4v) is 5.51. The van der Waals surface area contributed by atoms with Crippen molar-refractivity contribution in [2.24, 2.45) is 0 Å². The van der Waals surface area contributed by atoms with E-state index in [0.717, 1.165) is 39.0 Å². The number of sulfonamides is 1. The number of hydrogen-bond acceptors (Lipinski definition) is 4. The van der Waals surface area contributed by atoms with Crippen molar-refractivity contribution >= 4 is 60.5 Å². The summed E-state index contributed by atoms with van der Waals surface area (Å²) in [6.45, 7) is 2.01. The van der Waals surface area contributed by atoms with E-state index in [1.165, 1.54) is 17.4 Å². The van der Waals surface area contributed by atoms with Gasteiger partial charge in [-0.15, -0.1) is 11.3 Å². The summed E-state index contributed by atoms with van der Waals surface area (Å²) in [4.78, 5) is 4.45. The lowest BCUT2D eigenvalue weighted by atomic mass is 10.2. The highest BCUT2D eigenvalue weighted by molar-refractivity contribution is 7.92. The van der Waals surface area contributed by atoms with E-state index in [1.807, 2.05) is 19.1 Å². The summed E-state index contributed by atoms with van der Waals surface area (Å²) in [7, 11) is -3.94. The summed E-state index contributed by atoms with van der Waals surface area (Å²) >= 11 is 13.6. The van der Waals surface area contributed by atoms with Gasteiger partial charge in [0.05, 0.1) is 30.8 Å². The molecule has 1 N–H and O–H groups in total. The van der Waals surface area contributed by atoms with Crippen molar-refractivity contribution in [3.63, 3.8) is 0 Å². The highest BCUT2D eigenvalue weighted by atomic mass is 35.5. The quantitative estimate of drug-likeness (QED) is 0.372. The van der Waals surface area contributed by atoms with E-state index in [4.69, 9.17) is 23.2 Å². The second-order valence-electron chi connectivity index (χ2n) is 6.37. The Morgan fingerprint density at radius 2 is 1.79 bits per heavy atom. The summed E-state index contributed by atoms with van der Waals surface area (Å²) in [5.41, 5.74) is 3.00. The molecule has 0 spiro atoms. The molecule has 9 heteroatoms. The molecule has 0 saturated carbocycles. The summed E-state index contributed by atoms with van der Waals surface area (Å²) in [5, 5.41) is 0.834. The van der Waals surface area contributed by atoms with Crippen LogP contribution in [0.4, 0.5) is 10.1 Å². The molecule has 4 rings (SSSR count). The minimum atomic E-state index is -3.94. The molecular formula is C20H13Cl2FN2O2S2. The van der Waals surface area contributed by atoms with Crippen LogP contribution in [0, 0.1) is 12.7 Å². The Hall–Kier alpha value is -2.19. The van der Waals surface area contributed by atoms with Gasteiger partial charge in [0, 0.05) is 5.56 Å². The Kier molecular flexibility index (Phi) is 5.25. The number of hydrogen-bond donors (Lipinski definition) is 1. The summed E-state index contributed by atoms with van der Waals surface area (Å²) in [5.74, 6) is -0.691. The maximum absolute atomic E-state index is 13.3. The van der Waals surface area contributed by atoms with Crippen molar-refractivity contribution in [1.29, 1.82) is 0 Å². The normalized spacial score (nSPS) is 11.7. The number of rotatable bonds is 4. The van der Waals surface area contributed by atoms with Crippen molar-refractivity contribution in [2.75, 3.05) is 4.72 Å². The monoisotopic (exact) mass is 466 g/mol. The molecule has 0 amide bonds. The Bertz CT molecular complexity index is 1350. The van der Waals surface area contributed by atoms with Crippen LogP contribution in [0.2, 0.25) is 10.0 Å². The van der Waals surface area contributed by atoms with Crippen molar-refractivity contribution < 1.29 is 12.8 Å². The minimum Gasteiger partial charge on any atom is -0.280 e. The molecule has 29 heavy (non-hydrogen) atoms. The zero-order valence-electron chi connectivity index (χ0n) is 14.9. The van der Waals surface area contributed by atoms with Crippen molar-refractivity contribution in [3.05, 3.63) is 76.0 Å². The van der Waals surface area contributed by atoms with Gasteiger partial charge in [-0.2, -0.15) is 0 Å². The maximum Gasteiger partial charge on any atom is 0.261 e. The van der Waals surface area contributed by atoms with Gasteiger partial charge >= 0.3 is 0 Å². The third kappa shape index (κ3) is 4.09. The smallest absolute Gasteiger partial charge is 0.261 e. The zero-order chi connectivity index (χ0) is 20.8. The third-order valence-electron chi connectivity index (χ3n) is 4.20. The molecule has 0 saturated heterocycles. The van der Waals surface area contributed by atoms with Gasteiger partial charge in [-0.1, -0.05) is 29.3 Å². The predicted octanol–water partition coefficient (Wildman–Crippen LogP) is 6.52. The summed E-state index contributed by atoms with van der Waals surface area (Å²) < 4.78 is 41.8. The van der Waals surface area contributed by atoms with Gasteiger partial charge in [-0.3, -0.25) is 4.72 Å². The topological polar surface area (TPSA) is 59.1 Å². The molecule has 0 aliphatic heterocycles. The molecule has 0 bridgehead atoms. The molecule has 4 aromatic rings. The van der Waals surface area contributed by atoms with Crippen molar-refractivity contribution in [3.8, 4) is 10.6 Å². The average molecular weight is 467 g/mol. The Morgan fingerprint density at radius 3 is 2.52 bits per heavy atom. The number of thiazole rings is 1. The SMILES string of the molecule is Cc1ccc2nc(-c3ccc(NS(=O)(=O)c4ccc(F)c(Cl)c4)cc3Cl)sc2c1. The van der Waals surface area contributed by atoms with Crippen LogP contribution in [0.5, 0.6) is 0 Å². The lowest BCUT2D eigenvalue weighted by Gasteiger charge is -2.10. The van der Waals surface area contributed by atoms with Crippen molar-refractivity contribution in [2.45, 2.75) is 11.8 Å². The summed E-state index contributed by atoms with van der Waals surface area (Å²) in [6.07, 6.45) is 0. The van der Waals surface area contributed by atoms with Gasteiger partial charge in [-0.05, 0) is 61.0 Å². The number of nitrogens with one attached hydrogen (secondary N) is 1. The van der Waals surface area contributed by atoms with Crippen molar-refractivity contribution in [1.82, 2.24) is 4.98 Å². The predicted molar refractivity (Wildman–Crippen MR) is 117 cm³/mol. The molecule has 4 nitrogen and oxygen atoms in total. The summed E-state index contributed by atoms with van der Waals surface area (Å²) in [6, 6.07) is 14.0. The number of aryl methyl sites for hydroxylation is 1. The Balaban J connectivity index is 1.65. The molecule has 0 aliphatic carbocycles. The van der Waals surface area contributed by atoms with Crippen LogP contribution in [-0.2, 0) is 10.0 Å². The first-order chi connectivity index (χ1) is 13.7. The number of anilines is 1. The number of nitrogens with zero attached hydrogens (tertiary/aromatic N) is 1. The van der Waals surface area contributed by atoms with E-state index >= 15 is 0 Å². The maximum atomic E-state index is 13.3. The van der Waals surface area contributed by atoms with E-state index in [-0.39, 0.29) is 15.6 Å². The second-order valence-corrected chi connectivity index (χ2v) is 9.89. The fourth-order valence-electron chi connectivity index (χ4n) is 2.76. The van der Waals surface area contributed by atoms with Gasteiger partial charge in [0.2, 0.25) is 0 Å². The van der Waals surface area contributed by atoms with Gasteiger partial charge < -0.3 is 0 Å². The largest absolute Gasteiger partial charge is 0.280 e. The molecule has 0 radical (unpaired) electrons. The molecule has 0 atom stereocenters. The Morgan fingerprint density at radius 1 is 1.00 bits per heavy atom. The van der Waals surface area contributed by atoms with E-state index < -0.39 is 15.8 Å². The zero-order valence-corrected chi connectivity index (χ0v) is 18.1. The van der Waals surface area contributed by atoms with Crippen LogP contribution < -0.4 is 4.72 Å². The van der Waals surface area contributed by atoms with E-state index in [1.54, 1.807) is 12.1 Å². The number of fused-ring (bicyclic) bond motifs is 1. The van der Waals surface area contributed by atoms with Crippen LogP contribution in [0.25, 0.3) is 20.8 Å². The standard InChI is InChI=1S/C20H13Cl2FN2O2S2/c1-11-2-7-18-19(8-11)28-20(24-18)14-5-3-12(9-15(14)21)25-29(26,27)13-4-6-17(23)16(22)10-13/h2-10,25H,1H3. The molecular weight excluding hydrogens is 454 g/mol. The second kappa shape index (κ2) is 7.57. The first-order valence-corrected chi connectivity index (χ1v) is 11.4. The van der Waals surface area contributed by atoms with Crippen LogP contribution >= 0.6 is 34.5 Å². The fraction of sp³-hybridized carbons (Fsp3) is 0.0500. The molecule has 0 unspecified atom stereocenters. The first-order valence-electron chi connectivity index (χ1n) is 8.38. The molecule has 0 aliphatic rings. The van der Waals surface area contributed by atoms with E-state index in [0.29, 0.717) is 10.6 Å². The number of aromatic nitrogens is 1. The first kappa shape index (κ1) is 20.1.